The average molecular weight is 348 g/mol. The summed E-state index contributed by atoms with van der Waals surface area (Å²) in [4.78, 5) is 10.4. The van der Waals surface area contributed by atoms with E-state index in [0.29, 0.717) is 6.10 Å². The predicted molar refractivity (Wildman–Crippen MR) is 105 cm³/mol. The molecule has 0 radical (unpaired) electrons. The standard InChI is InChI=1S/C19H29N3OS/c1-13-12-16(6-7-18(13)24-5)19(20-4)22-14(2)15(3)23-17-8-10-21-11-9-17/h6-7,12,15,17,21H,8-11H2,1-5H3/b20-19-,22-14+/t15-/m1/s1. The number of aliphatic imine (C=N–C) groups is 2. The van der Waals surface area contributed by atoms with Gasteiger partial charge in [0.2, 0.25) is 0 Å². The van der Waals surface area contributed by atoms with Gasteiger partial charge in [0.05, 0.1) is 12.2 Å². The third-order valence-corrected chi connectivity index (χ3v) is 5.32. The summed E-state index contributed by atoms with van der Waals surface area (Å²) in [5.74, 6) is 0.768. The molecule has 0 amide bonds. The molecule has 1 fully saturated rings. The minimum Gasteiger partial charge on any atom is -0.369 e. The number of nitrogens with zero attached hydrogens (tertiary/aromatic N) is 2. The molecule has 0 bridgehead atoms. The summed E-state index contributed by atoms with van der Waals surface area (Å²) < 4.78 is 6.17. The smallest absolute Gasteiger partial charge is 0.154 e. The summed E-state index contributed by atoms with van der Waals surface area (Å²) in [6, 6.07) is 6.39. The Labute approximate surface area is 150 Å². The van der Waals surface area contributed by atoms with E-state index in [0.717, 1.165) is 43.0 Å². The first-order valence-electron chi connectivity index (χ1n) is 8.58. The Hall–Kier alpha value is -1.17. The zero-order chi connectivity index (χ0) is 17.5. The molecular formula is C19H29N3OS. The molecule has 0 spiro atoms. The number of aryl methyl sites for hydroxylation is 1. The molecule has 1 N–H and O–H groups in total. The number of ether oxygens (including phenoxy) is 1. The van der Waals surface area contributed by atoms with Gasteiger partial charge in [0.15, 0.2) is 5.84 Å². The molecule has 0 aliphatic carbocycles. The lowest BCUT2D eigenvalue weighted by Crippen LogP contribution is -2.36. The van der Waals surface area contributed by atoms with Crippen LogP contribution in [0.4, 0.5) is 0 Å². The second kappa shape index (κ2) is 9.35. The third-order valence-electron chi connectivity index (χ3n) is 4.42. The van der Waals surface area contributed by atoms with E-state index in [2.05, 4.69) is 48.6 Å². The van der Waals surface area contributed by atoms with Crippen LogP contribution in [0.3, 0.4) is 0 Å². The number of nitrogens with one attached hydrogen (secondary N) is 1. The van der Waals surface area contributed by atoms with E-state index >= 15 is 0 Å². The van der Waals surface area contributed by atoms with Crippen LogP contribution in [0, 0.1) is 6.92 Å². The minimum atomic E-state index is 0.0106. The Morgan fingerprint density at radius 1 is 1.33 bits per heavy atom. The topological polar surface area (TPSA) is 46.0 Å². The molecule has 1 aromatic carbocycles. The van der Waals surface area contributed by atoms with E-state index in [9.17, 15) is 0 Å². The molecule has 1 aliphatic heterocycles. The summed E-state index contributed by atoms with van der Waals surface area (Å²) in [5, 5.41) is 3.36. The predicted octanol–water partition coefficient (Wildman–Crippen LogP) is 3.71. The van der Waals surface area contributed by atoms with E-state index in [1.807, 2.05) is 6.92 Å². The number of thioether (sulfide) groups is 1. The maximum atomic E-state index is 6.17. The lowest BCUT2D eigenvalue weighted by molar-refractivity contribution is 0.0140. The molecule has 1 atom stereocenters. The zero-order valence-electron chi connectivity index (χ0n) is 15.4. The van der Waals surface area contributed by atoms with Gasteiger partial charge < -0.3 is 10.1 Å². The maximum Gasteiger partial charge on any atom is 0.154 e. The van der Waals surface area contributed by atoms with Gasteiger partial charge >= 0.3 is 0 Å². The summed E-state index contributed by atoms with van der Waals surface area (Å²) >= 11 is 1.76. The summed E-state index contributed by atoms with van der Waals surface area (Å²) in [6.45, 7) is 8.31. The van der Waals surface area contributed by atoms with Gasteiger partial charge in [0, 0.05) is 23.2 Å². The van der Waals surface area contributed by atoms with Gasteiger partial charge in [-0.15, -0.1) is 11.8 Å². The Kier molecular flexibility index (Phi) is 7.46. The first-order chi connectivity index (χ1) is 11.5. The van der Waals surface area contributed by atoms with Crippen LogP contribution in [-0.4, -0.2) is 50.1 Å². The molecule has 1 aromatic rings. The first kappa shape index (κ1) is 19.2. The highest BCUT2D eigenvalue weighted by atomic mass is 32.2. The number of hydrogen-bond donors (Lipinski definition) is 1. The van der Waals surface area contributed by atoms with Gasteiger partial charge in [-0.1, -0.05) is 6.07 Å². The molecule has 0 unspecified atom stereocenters. The van der Waals surface area contributed by atoms with E-state index in [1.165, 1.54) is 10.5 Å². The van der Waals surface area contributed by atoms with Crippen LogP contribution in [0.25, 0.3) is 0 Å². The fraction of sp³-hybridized carbons (Fsp3) is 0.579. The number of benzene rings is 1. The van der Waals surface area contributed by atoms with Crippen molar-refractivity contribution in [1.82, 2.24) is 5.32 Å². The largest absolute Gasteiger partial charge is 0.369 e. The van der Waals surface area contributed by atoms with E-state index < -0.39 is 0 Å². The molecular weight excluding hydrogens is 318 g/mol. The molecule has 1 heterocycles. The van der Waals surface area contributed by atoms with Crippen LogP contribution in [0.5, 0.6) is 0 Å². The van der Waals surface area contributed by atoms with Crippen LogP contribution >= 0.6 is 11.8 Å². The van der Waals surface area contributed by atoms with Gasteiger partial charge in [-0.2, -0.15) is 0 Å². The van der Waals surface area contributed by atoms with E-state index in [1.54, 1.807) is 18.8 Å². The molecule has 5 heteroatoms. The summed E-state index contributed by atoms with van der Waals surface area (Å²) in [6.07, 6.45) is 4.58. The Morgan fingerprint density at radius 2 is 2.04 bits per heavy atom. The lowest BCUT2D eigenvalue weighted by Gasteiger charge is -2.26. The zero-order valence-corrected chi connectivity index (χ0v) is 16.2. The lowest BCUT2D eigenvalue weighted by atomic mass is 10.1. The van der Waals surface area contributed by atoms with Crippen molar-refractivity contribution in [3.05, 3.63) is 29.3 Å². The first-order valence-corrected chi connectivity index (χ1v) is 9.80. The van der Waals surface area contributed by atoms with Gasteiger partial charge in [-0.25, -0.2) is 4.99 Å². The van der Waals surface area contributed by atoms with Gasteiger partial charge in [0.25, 0.3) is 0 Å². The monoisotopic (exact) mass is 347 g/mol. The molecule has 24 heavy (non-hydrogen) atoms. The minimum absolute atomic E-state index is 0.0106. The van der Waals surface area contributed by atoms with Crippen LogP contribution < -0.4 is 5.32 Å². The number of hydrogen-bond acceptors (Lipinski definition) is 4. The van der Waals surface area contributed by atoms with Crippen molar-refractivity contribution >= 4 is 23.3 Å². The molecule has 1 aliphatic rings. The second-order valence-electron chi connectivity index (χ2n) is 6.21. The van der Waals surface area contributed by atoms with Crippen LogP contribution in [0.15, 0.2) is 33.1 Å². The van der Waals surface area contributed by atoms with Crippen molar-refractivity contribution in [3.8, 4) is 0 Å². The van der Waals surface area contributed by atoms with E-state index in [4.69, 9.17) is 9.73 Å². The molecule has 132 valence electrons. The SMILES string of the molecule is C/N=C(\N=C(/C)[C@@H](C)OC1CCNCC1)c1ccc(SC)c(C)c1. The highest BCUT2D eigenvalue weighted by molar-refractivity contribution is 7.98. The molecule has 0 aromatic heterocycles. The molecule has 1 saturated heterocycles. The van der Waals surface area contributed by atoms with E-state index in [-0.39, 0.29) is 6.10 Å². The van der Waals surface area contributed by atoms with Gasteiger partial charge in [-0.3, -0.25) is 4.99 Å². The molecule has 4 nitrogen and oxygen atoms in total. The van der Waals surface area contributed by atoms with Gasteiger partial charge in [-0.05, 0) is 70.7 Å². The van der Waals surface area contributed by atoms with Crippen LogP contribution in [-0.2, 0) is 4.74 Å². The van der Waals surface area contributed by atoms with Crippen molar-refractivity contribution in [3.63, 3.8) is 0 Å². The third kappa shape index (κ3) is 5.16. The number of amidine groups is 1. The normalized spacial score (nSPS) is 18.7. The molecule has 0 saturated carbocycles. The Bertz CT molecular complexity index is 607. The second-order valence-corrected chi connectivity index (χ2v) is 7.06. The van der Waals surface area contributed by atoms with Crippen LogP contribution in [0.2, 0.25) is 0 Å². The van der Waals surface area contributed by atoms with Crippen molar-refractivity contribution < 1.29 is 4.74 Å². The van der Waals surface area contributed by atoms with Crippen molar-refractivity contribution in [2.24, 2.45) is 9.98 Å². The Morgan fingerprint density at radius 3 is 2.62 bits per heavy atom. The Balaban J connectivity index is 2.09. The number of rotatable bonds is 5. The summed E-state index contributed by atoms with van der Waals surface area (Å²) in [7, 11) is 1.79. The van der Waals surface area contributed by atoms with Crippen molar-refractivity contribution in [1.29, 1.82) is 0 Å². The summed E-state index contributed by atoms with van der Waals surface area (Å²) in [5.41, 5.74) is 3.29. The molecule has 2 rings (SSSR count). The van der Waals surface area contributed by atoms with Crippen molar-refractivity contribution in [2.45, 2.75) is 50.7 Å². The fourth-order valence-corrected chi connectivity index (χ4v) is 3.42. The number of piperidine rings is 1. The quantitative estimate of drug-likeness (QED) is 0.502. The maximum absolute atomic E-state index is 6.17. The highest BCUT2D eigenvalue weighted by Crippen LogP contribution is 2.21. The van der Waals surface area contributed by atoms with Gasteiger partial charge in [0.1, 0.15) is 0 Å². The van der Waals surface area contributed by atoms with Crippen molar-refractivity contribution in [2.75, 3.05) is 26.4 Å². The highest BCUT2D eigenvalue weighted by Gasteiger charge is 2.18. The van der Waals surface area contributed by atoms with Crippen LogP contribution in [0.1, 0.15) is 37.8 Å². The average Bonchev–Trinajstić information content (AvgIpc) is 2.60. The fourth-order valence-electron chi connectivity index (χ4n) is 2.84.